The van der Waals surface area contributed by atoms with E-state index in [1.54, 1.807) is 17.8 Å². The minimum Gasteiger partial charge on any atom is -0.507 e. The first kappa shape index (κ1) is 8.72. The van der Waals surface area contributed by atoms with Gasteiger partial charge in [0.05, 0.1) is 10.3 Å². The molecule has 2 rings (SSSR count). The molecule has 68 valence electrons. The Kier molecular flexibility index (Phi) is 2.09. The van der Waals surface area contributed by atoms with Gasteiger partial charge in [-0.25, -0.2) is 0 Å². The molecule has 4 heteroatoms. The third kappa shape index (κ3) is 1.26. The van der Waals surface area contributed by atoms with E-state index in [0.717, 1.165) is 20.0 Å². The van der Waals surface area contributed by atoms with E-state index in [-0.39, 0.29) is 0 Å². The maximum Gasteiger partial charge on any atom is 0.125 e. The van der Waals surface area contributed by atoms with Crippen molar-refractivity contribution in [3.63, 3.8) is 0 Å². The Labute approximate surface area is 84.4 Å². The molecule has 0 amide bonds. The van der Waals surface area contributed by atoms with E-state index in [1.165, 1.54) is 11.3 Å². The highest BCUT2D eigenvalue weighted by Crippen LogP contribution is 2.43. The average molecular weight is 211 g/mol. The SMILES string of the molecule is CSc1c(N)sc2cccc(O)c12. The minimum atomic E-state index is 0.315. The van der Waals surface area contributed by atoms with Crippen LogP contribution in [0.2, 0.25) is 0 Å². The van der Waals surface area contributed by atoms with E-state index in [9.17, 15) is 5.11 Å². The van der Waals surface area contributed by atoms with Crippen molar-refractivity contribution in [2.24, 2.45) is 0 Å². The number of nitrogen functional groups attached to an aromatic ring is 1. The quantitative estimate of drug-likeness (QED) is 0.713. The summed E-state index contributed by atoms with van der Waals surface area (Å²) < 4.78 is 1.04. The molecular formula is C9H9NOS2. The number of benzene rings is 1. The van der Waals surface area contributed by atoms with Gasteiger partial charge in [0, 0.05) is 4.70 Å². The summed E-state index contributed by atoms with van der Waals surface area (Å²) in [7, 11) is 0. The average Bonchev–Trinajstić information content (AvgIpc) is 2.42. The number of nitrogens with two attached hydrogens (primary N) is 1. The van der Waals surface area contributed by atoms with Gasteiger partial charge in [-0.3, -0.25) is 0 Å². The third-order valence-corrected chi connectivity index (χ3v) is 3.82. The fourth-order valence-corrected chi connectivity index (χ4v) is 3.27. The lowest BCUT2D eigenvalue weighted by Gasteiger charge is -1.97. The first-order valence-electron chi connectivity index (χ1n) is 3.78. The molecule has 3 N–H and O–H groups in total. The van der Waals surface area contributed by atoms with Crippen LogP contribution in [0.4, 0.5) is 5.00 Å². The summed E-state index contributed by atoms with van der Waals surface area (Å²) >= 11 is 3.09. The Bertz CT molecular complexity index is 450. The monoisotopic (exact) mass is 211 g/mol. The molecule has 0 unspecified atom stereocenters. The highest BCUT2D eigenvalue weighted by atomic mass is 32.2. The predicted molar refractivity (Wildman–Crippen MR) is 59.7 cm³/mol. The van der Waals surface area contributed by atoms with Gasteiger partial charge in [0.15, 0.2) is 0 Å². The first-order chi connectivity index (χ1) is 6.24. The number of phenols is 1. The van der Waals surface area contributed by atoms with Crippen LogP contribution in [-0.2, 0) is 0 Å². The van der Waals surface area contributed by atoms with Crippen molar-refractivity contribution in [1.82, 2.24) is 0 Å². The molecule has 0 saturated carbocycles. The lowest BCUT2D eigenvalue weighted by molar-refractivity contribution is 0.481. The van der Waals surface area contributed by atoms with Gasteiger partial charge in [-0.05, 0) is 18.4 Å². The van der Waals surface area contributed by atoms with E-state index in [2.05, 4.69) is 0 Å². The summed E-state index contributed by atoms with van der Waals surface area (Å²) in [5.74, 6) is 0.315. The van der Waals surface area contributed by atoms with Crippen LogP contribution in [-0.4, -0.2) is 11.4 Å². The van der Waals surface area contributed by atoms with Gasteiger partial charge in [-0.1, -0.05) is 6.07 Å². The van der Waals surface area contributed by atoms with E-state index in [1.807, 2.05) is 18.4 Å². The molecule has 1 aromatic carbocycles. The predicted octanol–water partition coefficient (Wildman–Crippen LogP) is 2.91. The summed E-state index contributed by atoms with van der Waals surface area (Å²) in [4.78, 5) is 0.984. The fourth-order valence-electron chi connectivity index (χ4n) is 1.32. The number of phenolic OH excluding ortho intramolecular Hbond substituents is 1. The molecule has 0 atom stereocenters. The van der Waals surface area contributed by atoms with Crippen molar-refractivity contribution in [3.8, 4) is 5.75 Å². The summed E-state index contributed by atoms with van der Waals surface area (Å²) in [5, 5.41) is 11.3. The van der Waals surface area contributed by atoms with Crippen LogP contribution in [0, 0.1) is 0 Å². The smallest absolute Gasteiger partial charge is 0.125 e. The second-order valence-electron chi connectivity index (χ2n) is 2.65. The van der Waals surface area contributed by atoms with Gasteiger partial charge in [0.1, 0.15) is 10.8 Å². The summed E-state index contributed by atoms with van der Waals surface area (Å²) in [5.41, 5.74) is 5.82. The molecule has 0 saturated heterocycles. The molecule has 2 nitrogen and oxygen atoms in total. The maximum absolute atomic E-state index is 9.63. The first-order valence-corrected chi connectivity index (χ1v) is 5.82. The molecule has 0 aliphatic carbocycles. The van der Waals surface area contributed by atoms with Crippen LogP contribution in [0.15, 0.2) is 23.1 Å². The van der Waals surface area contributed by atoms with E-state index < -0.39 is 0 Å². The van der Waals surface area contributed by atoms with Crippen LogP contribution in [0.3, 0.4) is 0 Å². The molecule has 0 bridgehead atoms. The number of aromatic hydroxyl groups is 1. The largest absolute Gasteiger partial charge is 0.507 e. The lowest BCUT2D eigenvalue weighted by Crippen LogP contribution is -1.79. The van der Waals surface area contributed by atoms with E-state index in [4.69, 9.17) is 5.73 Å². The second kappa shape index (κ2) is 3.12. The van der Waals surface area contributed by atoms with Crippen LogP contribution in [0.5, 0.6) is 5.75 Å². The number of thioether (sulfide) groups is 1. The standard InChI is InChI=1S/C9H9NOS2/c1-12-8-7-5(11)3-2-4-6(7)13-9(8)10/h2-4,11H,10H2,1H3. The van der Waals surface area contributed by atoms with Gasteiger partial charge in [0.25, 0.3) is 0 Å². The van der Waals surface area contributed by atoms with Crippen molar-refractivity contribution >= 4 is 38.2 Å². The number of hydrogen-bond donors (Lipinski definition) is 2. The second-order valence-corrected chi connectivity index (χ2v) is 4.55. The number of fused-ring (bicyclic) bond motifs is 1. The van der Waals surface area contributed by atoms with Crippen molar-refractivity contribution in [1.29, 1.82) is 0 Å². The summed E-state index contributed by atoms with van der Waals surface area (Å²) in [6.07, 6.45) is 1.96. The zero-order valence-electron chi connectivity index (χ0n) is 7.07. The van der Waals surface area contributed by atoms with Crippen molar-refractivity contribution in [2.45, 2.75) is 4.90 Å². The number of rotatable bonds is 1. The normalized spacial score (nSPS) is 10.8. The summed E-state index contributed by atoms with van der Waals surface area (Å²) in [6, 6.07) is 5.49. The molecule has 0 fully saturated rings. The fraction of sp³-hybridized carbons (Fsp3) is 0.111. The Morgan fingerprint density at radius 3 is 2.92 bits per heavy atom. The van der Waals surface area contributed by atoms with Crippen molar-refractivity contribution in [3.05, 3.63) is 18.2 Å². The van der Waals surface area contributed by atoms with Gasteiger partial charge >= 0.3 is 0 Å². The molecule has 1 aromatic heterocycles. The zero-order chi connectivity index (χ0) is 9.42. The highest BCUT2D eigenvalue weighted by Gasteiger charge is 2.11. The third-order valence-electron chi connectivity index (χ3n) is 1.88. The molecular weight excluding hydrogens is 202 g/mol. The van der Waals surface area contributed by atoms with E-state index in [0.29, 0.717) is 5.75 Å². The van der Waals surface area contributed by atoms with Crippen molar-refractivity contribution < 1.29 is 5.11 Å². The number of hydrogen-bond acceptors (Lipinski definition) is 4. The number of thiophene rings is 1. The molecule has 13 heavy (non-hydrogen) atoms. The minimum absolute atomic E-state index is 0.315. The zero-order valence-corrected chi connectivity index (χ0v) is 8.71. The van der Waals surface area contributed by atoms with Gasteiger partial charge in [0.2, 0.25) is 0 Å². The summed E-state index contributed by atoms with van der Waals surface area (Å²) in [6.45, 7) is 0. The van der Waals surface area contributed by atoms with Crippen LogP contribution < -0.4 is 5.73 Å². The molecule has 2 aromatic rings. The maximum atomic E-state index is 9.63. The Morgan fingerprint density at radius 2 is 2.23 bits per heavy atom. The number of anilines is 1. The molecule has 1 heterocycles. The lowest BCUT2D eigenvalue weighted by atomic mass is 10.2. The molecule has 0 radical (unpaired) electrons. The van der Waals surface area contributed by atoms with Gasteiger partial charge in [-0.2, -0.15) is 0 Å². The molecule has 0 spiro atoms. The van der Waals surface area contributed by atoms with Crippen LogP contribution in [0.25, 0.3) is 10.1 Å². The molecule has 0 aliphatic heterocycles. The highest BCUT2D eigenvalue weighted by molar-refractivity contribution is 7.99. The van der Waals surface area contributed by atoms with Gasteiger partial charge < -0.3 is 10.8 Å². The Morgan fingerprint density at radius 1 is 1.46 bits per heavy atom. The Hall–Kier alpha value is -0.870. The van der Waals surface area contributed by atoms with E-state index >= 15 is 0 Å². The topological polar surface area (TPSA) is 46.2 Å². The van der Waals surface area contributed by atoms with Crippen molar-refractivity contribution in [2.75, 3.05) is 12.0 Å². The van der Waals surface area contributed by atoms with Gasteiger partial charge in [-0.15, -0.1) is 23.1 Å². The Balaban J connectivity index is 2.88. The van der Waals surface area contributed by atoms with Crippen LogP contribution in [0.1, 0.15) is 0 Å². The molecule has 0 aliphatic rings. The van der Waals surface area contributed by atoms with Crippen LogP contribution >= 0.6 is 23.1 Å².